The fourth-order valence-electron chi connectivity index (χ4n) is 1.40. The van der Waals surface area contributed by atoms with Gasteiger partial charge in [-0.2, -0.15) is 0 Å². The molecule has 0 unspecified atom stereocenters. The molecule has 6 heteroatoms. The highest BCUT2D eigenvalue weighted by Gasteiger charge is 2.04. The summed E-state index contributed by atoms with van der Waals surface area (Å²) >= 11 is 4.92. The Bertz CT molecular complexity index is 448. The molecule has 0 aliphatic rings. The summed E-state index contributed by atoms with van der Waals surface area (Å²) < 4.78 is 0. The van der Waals surface area contributed by atoms with Gasteiger partial charge in [-0.1, -0.05) is 19.1 Å². The Morgan fingerprint density at radius 3 is 2.83 bits per heavy atom. The molecule has 4 N–H and O–H groups in total. The molecule has 0 radical (unpaired) electrons. The smallest absolute Gasteiger partial charge is 0.239 e. The van der Waals surface area contributed by atoms with Gasteiger partial charge in [-0.25, -0.2) is 4.98 Å². The predicted molar refractivity (Wildman–Crippen MR) is 76.7 cm³/mol. The lowest BCUT2D eigenvalue weighted by molar-refractivity contribution is -0.119. The van der Waals surface area contributed by atoms with E-state index < -0.39 is 0 Å². The Morgan fingerprint density at radius 2 is 2.22 bits per heavy atom. The zero-order chi connectivity index (χ0) is 13.5. The Hall–Kier alpha value is -1.69. The van der Waals surface area contributed by atoms with Crippen LogP contribution in [0, 0.1) is 6.92 Å². The van der Waals surface area contributed by atoms with Gasteiger partial charge in [0, 0.05) is 17.8 Å². The first-order valence-corrected chi connectivity index (χ1v) is 6.22. The SMILES string of the molecule is CCCNC(=O)CNc1cc(C(N)=S)cc(C)n1. The molecule has 1 amide bonds. The third-order valence-electron chi connectivity index (χ3n) is 2.24. The number of aromatic nitrogens is 1. The van der Waals surface area contributed by atoms with E-state index >= 15 is 0 Å². The van der Waals surface area contributed by atoms with E-state index in [-0.39, 0.29) is 12.5 Å². The molecule has 0 saturated carbocycles. The molecule has 1 rings (SSSR count). The summed E-state index contributed by atoms with van der Waals surface area (Å²) in [5.74, 6) is 0.543. The summed E-state index contributed by atoms with van der Waals surface area (Å²) in [5.41, 5.74) is 7.12. The normalized spacial score (nSPS) is 9.89. The number of rotatable bonds is 6. The number of hydrogen-bond acceptors (Lipinski definition) is 4. The number of thiocarbonyl (C=S) groups is 1. The van der Waals surface area contributed by atoms with Crippen molar-refractivity contribution in [2.45, 2.75) is 20.3 Å². The van der Waals surface area contributed by atoms with Crippen LogP contribution >= 0.6 is 12.2 Å². The van der Waals surface area contributed by atoms with Crippen LogP contribution in [0.5, 0.6) is 0 Å². The molecule has 18 heavy (non-hydrogen) atoms. The second kappa shape index (κ2) is 6.90. The van der Waals surface area contributed by atoms with Crippen LogP contribution in [0.15, 0.2) is 12.1 Å². The molecular weight excluding hydrogens is 248 g/mol. The summed E-state index contributed by atoms with van der Waals surface area (Å²) in [5, 5.41) is 5.73. The Morgan fingerprint density at radius 1 is 1.50 bits per heavy atom. The second-order valence-electron chi connectivity index (χ2n) is 3.95. The molecule has 0 aromatic carbocycles. The van der Waals surface area contributed by atoms with Crippen LogP contribution in [0.25, 0.3) is 0 Å². The molecule has 1 aromatic rings. The third-order valence-corrected chi connectivity index (χ3v) is 2.48. The highest BCUT2D eigenvalue weighted by atomic mass is 32.1. The minimum atomic E-state index is -0.0583. The maximum absolute atomic E-state index is 11.4. The number of nitrogens with two attached hydrogens (primary N) is 1. The first-order chi connectivity index (χ1) is 8.52. The molecule has 1 heterocycles. The van der Waals surface area contributed by atoms with E-state index in [4.69, 9.17) is 18.0 Å². The maximum atomic E-state index is 11.4. The van der Waals surface area contributed by atoms with Crippen molar-refractivity contribution in [3.63, 3.8) is 0 Å². The molecule has 0 atom stereocenters. The number of amides is 1. The van der Waals surface area contributed by atoms with E-state index in [0.717, 1.165) is 17.7 Å². The minimum Gasteiger partial charge on any atom is -0.389 e. The second-order valence-corrected chi connectivity index (χ2v) is 4.39. The monoisotopic (exact) mass is 266 g/mol. The molecule has 0 aliphatic carbocycles. The van der Waals surface area contributed by atoms with Gasteiger partial charge in [0.25, 0.3) is 0 Å². The van der Waals surface area contributed by atoms with Crippen molar-refractivity contribution in [1.29, 1.82) is 0 Å². The lowest BCUT2D eigenvalue weighted by Gasteiger charge is -2.08. The van der Waals surface area contributed by atoms with Crippen molar-refractivity contribution in [3.05, 3.63) is 23.4 Å². The van der Waals surface area contributed by atoms with Gasteiger partial charge in [0.15, 0.2) is 0 Å². The van der Waals surface area contributed by atoms with E-state index in [1.807, 2.05) is 19.9 Å². The summed E-state index contributed by atoms with van der Waals surface area (Å²) in [7, 11) is 0. The number of pyridine rings is 1. The van der Waals surface area contributed by atoms with Crippen molar-refractivity contribution < 1.29 is 4.79 Å². The number of aryl methyl sites for hydroxylation is 1. The van der Waals surface area contributed by atoms with Gasteiger partial charge >= 0.3 is 0 Å². The summed E-state index contributed by atoms with van der Waals surface area (Å²) in [6.45, 7) is 4.72. The lowest BCUT2D eigenvalue weighted by Crippen LogP contribution is -2.30. The van der Waals surface area contributed by atoms with Crippen LogP contribution in [-0.4, -0.2) is 29.0 Å². The highest BCUT2D eigenvalue weighted by Crippen LogP contribution is 2.09. The predicted octanol–water partition coefficient (Wildman–Crippen LogP) is 0.962. The molecule has 0 bridgehead atoms. The van der Waals surface area contributed by atoms with Crippen LogP contribution in [0.4, 0.5) is 5.82 Å². The molecule has 1 aromatic heterocycles. The number of anilines is 1. The molecule has 0 aliphatic heterocycles. The van der Waals surface area contributed by atoms with Gasteiger partial charge < -0.3 is 16.4 Å². The van der Waals surface area contributed by atoms with Crippen LogP contribution in [0.2, 0.25) is 0 Å². The number of hydrogen-bond donors (Lipinski definition) is 3. The Labute approximate surface area is 112 Å². The third kappa shape index (κ3) is 4.67. The Balaban J connectivity index is 2.62. The maximum Gasteiger partial charge on any atom is 0.239 e. The quantitative estimate of drug-likeness (QED) is 0.668. The fraction of sp³-hybridized carbons (Fsp3) is 0.417. The van der Waals surface area contributed by atoms with E-state index in [1.165, 1.54) is 0 Å². The van der Waals surface area contributed by atoms with Crippen LogP contribution in [0.3, 0.4) is 0 Å². The van der Waals surface area contributed by atoms with Gasteiger partial charge in [0.2, 0.25) is 5.91 Å². The number of carbonyl (C=O) groups excluding carboxylic acids is 1. The fourth-order valence-corrected chi connectivity index (χ4v) is 1.52. The van der Waals surface area contributed by atoms with Gasteiger partial charge in [0.05, 0.1) is 6.54 Å². The summed E-state index contributed by atoms with van der Waals surface area (Å²) in [6, 6.07) is 3.55. The average molecular weight is 266 g/mol. The first-order valence-electron chi connectivity index (χ1n) is 5.82. The van der Waals surface area contributed by atoms with Gasteiger partial charge in [0.1, 0.15) is 10.8 Å². The van der Waals surface area contributed by atoms with E-state index in [2.05, 4.69) is 15.6 Å². The topological polar surface area (TPSA) is 80.0 Å². The minimum absolute atomic E-state index is 0.0583. The van der Waals surface area contributed by atoms with Crippen LogP contribution < -0.4 is 16.4 Å². The summed E-state index contributed by atoms with van der Waals surface area (Å²) in [6.07, 6.45) is 0.917. The largest absolute Gasteiger partial charge is 0.389 e. The molecular formula is C12H18N4OS. The van der Waals surface area contributed by atoms with Gasteiger partial charge in [-0.05, 0) is 25.5 Å². The van der Waals surface area contributed by atoms with E-state index in [9.17, 15) is 4.79 Å². The highest BCUT2D eigenvalue weighted by molar-refractivity contribution is 7.80. The molecule has 0 fully saturated rings. The van der Waals surface area contributed by atoms with Gasteiger partial charge in [-0.3, -0.25) is 4.79 Å². The zero-order valence-corrected chi connectivity index (χ0v) is 11.4. The molecule has 0 saturated heterocycles. The molecule has 0 spiro atoms. The van der Waals surface area contributed by atoms with Crippen molar-refractivity contribution in [2.24, 2.45) is 5.73 Å². The van der Waals surface area contributed by atoms with Crippen molar-refractivity contribution in [2.75, 3.05) is 18.4 Å². The molecule has 98 valence electrons. The zero-order valence-electron chi connectivity index (χ0n) is 10.6. The number of nitrogens with one attached hydrogen (secondary N) is 2. The average Bonchev–Trinajstić information content (AvgIpc) is 2.33. The van der Waals surface area contributed by atoms with Gasteiger partial charge in [-0.15, -0.1) is 0 Å². The number of carbonyl (C=O) groups is 1. The molecule has 5 nitrogen and oxygen atoms in total. The number of nitrogens with zero attached hydrogens (tertiary/aromatic N) is 1. The van der Waals surface area contributed by atoms with E-state index in [1.54, 1.807) is 6.07 Å². The van der Waals surface area contributed by atoms with E-state index in [0.29, 0.717) is 17.4 Å². The van der Waals surface area contributed by atoms with Crippen molar-refractivity contribution >= 4 is 28.9 Å². The van der Waals surface area contributed by atoms with Crippen molar-refractivity contribution in [1.82, 2.24) is 10.3 Å². The van der Waals surface area contributed by atoms with Crippen LogP contribution in [-0.2, 0) is 4.79 Å². The standard InChI is InChI=1S/C12H18N4OS/c1-3-4-14-11(17)7-15-10-6-9(12(13)18)5-8(2)16-10/h5-6H,3-4,7H2,1-2H3,(H2,13,18)(H,14,17)(H,15,16). The first kappa shape index (κ1) is 14.4. The van der Waals surface area contributed by atoms with Crippen molar-refractivity contribution in [3.8, 4) is 0 Å². The lowest BCUT2D eigenvalue weighted by atomic mass is 10.2. The van der Waals surface area contributed by atoms with Crippen LogP contribution in [0.1, 0.15) is 24.6 Å². The summed E-state index contributed by atoms with van der Waals surface area (Å²) in [4.78, 5) is 16.0. The Kier molecular flexibility index (Phi) is 5.51.